The van der Waals surface area contributed by atoms with E-state index >= 15 is 0 Å². The van der Waals surface area contributed by atoms with Crippen LogP contribution in [0.3, 0.4) is 0 Å². The highest BCUT2D eigenvalue weighted by Crippen LogP contribution is 2.26. The van der Waals surface area contributed by atoms with Gasteiger partial charge in [0.2, 0.25) is 11.8 Å². The molecule has 4 aromatic carbocycles. The molecule has 5 rings (SSSR count). The van der Waals surface area contributed by atoms with Gasteiger partial charge in [0.1, 0.15) is 18.4 Å². The monoisotopic (exact) mass is 627 g/mol. The smallest absolute Gasteiger partial charge is 0.264 e. The van der Waals surface area contributed by atoms with E-state index in [1.807, 2.05) is 67.6 Å². The first-order valence-electron chi connectivity index (χ1n) is 15.2. The second-order valence-electron chi connectivity index (χ2n) is 11.5. The van der Waals surface area contributed by atoms with Crippen LogP contribution in [0, 0.1) is 12.7 Å². The summed E-state index contributed by atoms with van der Waals surface area (Å²) in [6.07, 6.45) is 4.09. The Hall–Kier alpha value is -4.50. The minimum absolute atomic E-state index is 0.0346. The third-order valence-corrected chi connectivity index (χ3v) is 9.96. The molecule has 0 heterocycles. The zero-order chi connectivity index (χ0) is 31.8. The van der Waals surface area contributed by atoms with E-state index < -0.39 is 34.3 Å². The van der Waals surface area contributed by atoms with Gasteiger partial charge in [-0.2, -0.15) is 0 Å². The van der Waals surface area contributed by atoms with E-state index in [4.69, 9.17) is 0 Å². The molecule has 1 aliphatic rings. The first-order valence-corrected chi connectivity index (χ1v) is 16.7. The highest BCUT2D eigenvalue weighted by molar-refractivity contribution is 7.92. The van der Waals surface area contributed by atoms with Crippen molar-refractivity contribution < 1.29 is 22.4 Å². The quantitative estimate of drug-likeness (QED) is 0.208. The normalized spacial score (nSPS) is 14.1. The molecule has 234 valence electrons. The van der Waals surface area contributed by atoms with Crippen LogP contribution in [0.15, 0.2) is 114 Å². The molecule has 4 aromatic rings. The lowest BCUT2D eigenvalue weighted by Gasteiger charge is -2.34. The van der Waals surface area contributed by atoms with Gasteiger partial charge in [0.15, 0.2) is 0 Å². The molecule has 1 aliphatic carbocycles. The summed E-state index contributed by atoms with van der Waals surface area (Å²) in [5, 5.41) is 3.17. The van der Waals surface area contributed by atoms with E-state index in [1.54, 1.807) is 24.3 Å². The van der Waals surface area contributed by atoms with Gasteiger partial charge < -0.3 is 10.2 Å². The number of rotatable bonds is 12. The standard InChI is InChI=1S/C36H38FN3O4S/c1-27-16-20-32(21-17-27)40(45(43,44)33-22-18-30(37)19-23-33)26-35(41)39(25-29-12-6-3-7-13-29)34(24-28-10-4-2-5-11-28)36(42)38-31-14-8-9-15-31/h2-7,10-13,16-23,31,34H,8-9,14-15,24-26H2,1H3,(H,38,42)/t34-/m0/s1. The Morgan fingerprint density at radius 3 is 2.00 bits per heavy atom. The minimum Gasteiger partial charge on any atom is -0.352 e. The lowest BCUT2D eigenvalue weighted by atomic mass is 10.0. The molecule has 0 aliphatic heterocycles. The van der Waals surface area contributed by atoms with Gasteiger partial charge in [-0.15, -0.1) is 0 Å². The van der Waals surface area contributed by atoms with Crippen LogP contribution in [0.2, 0.25) is 0 Å². The third kappa shape index (κ3) is 8.16. The number of hydrogen-bond donors (Lipinski definition) is 1. The summed E-state index contributed by atoms with van der Waals surface area (Å²) in [6, 6.07) is 29.3. The Kier molecular flexibility index (Phi) is 10.3. The predicted molar refractivity (Wildman–Crippen MR) is 173 cm³/mol. The van der Waals surface area contributed by atoms with Crippen molar-refractivity contribution in [2.75, 3.05) is 10.8 Å². The van der Waals surface area contributed by atoms with Gasteiger partial charge in [0, 0.05) is 19.0 Å². The number of sulfonamides is 1. The van der Waals surface area contributed by atoms with Crippen molar-refractivity contribution in [2.45, 2.75) is 62.6 Å². The fourth-order valence-corrected chi connectivity index (χ4v) is 7.09. The lowest BCUT2D eigenvalue weighted by Crippen LogP contribution is -2.54. The van der Waals surface area contributed by atoms with E-state index in [1.165, 1.54) is 17.0 Å². The molecular weight excluding hydrogens is 589 g/mol. The van der Waals surface area contributed by atoms with Crippen molar-refractivity contribution in [1.29, 1.82) is 0 Å². The highest BCUT2D eigenvalue weighted by atomic mass is 32.2. The van der Waals surface area contributed by atoms with Crippen molar-refractivity contribution in [2.24, 2.45) is 0 Å². The summed E-state index contributed by atoms with van der Waals surface area (Å²) >= 11 is 0. The Bertz CT molecular complexity index is 1680. The molecule has 45 heavy (non-hydrogen) atoms. The Morgan fingerprint density at radius 1 is 0.822 bits per heavy atom. The minimum atomic E-state index is -4.29. The molecule has 2 amide bonds. The Morgan fingerprint density at radius 2 is 1.40 bits per heavy atom. The summed E-state index contributed by atoms with van der Waals surface area (Å²) in [5.41, 5.74) is 2.89. The Labute approximate surface area is 264 Å². The van der Waals surface area contributed by atoms with Crippen molar-refractivity contribution >= 4 is 27.5 Å². The van der Waals surface area contributed by atoms with Gasteiger partial charge in [0.25, 0.3) is 10.0 Å². The van der Waals surface area contributed by atoms with Crippen molar-refractivity contribution in [3.05, 3.63) is 132 Å². The van der Waals surface area contributed by atoms with Crippen molar-refractivity contribution in [3.63, 3.8) is 0 Å². The van der Waals surface area contributed by atoms with E-state index in [9.17, 15) is 22.4 Å². The SMILES string of the molecule is Cc1ccc(N(CC(=O)N(Cc2ccccc2)[C@@H](Cc2ccccc2)C(=O)NC2CCCC2)S(=O)(=O)c2ccc(F)cc2)cc1. The zero-order valence-electron chi connectivity index (χ0n) is 25.3. The topological polar surface area (TPSA) is 86.8 Å². The number of nitrogens with zero attached hydrogens (tertiary/aromatic N) is 2. The summed E-state index contributed by atoms with van der Waals surface area (Å²) in [5.74, 6) is -1.37. The number of benzene rings is 4. The van der Waals surface area contributed by atoms with Crippen LogP contribution in [0.1, 0.15) is 42.4 Å². The molecule has 0 radical (unpaired) electrons. The second-order valence-corrected chi connectivity index (χ2v) is 13.4. The fraction of sp³-hybridized carbons (Fsp3) is 0.278. The molecule has 0 unspecified atom stereocenters. The fourth-order valence-electron chi connectivity index (χ4n) is 5.68. The summed E-state index contributed by atoms with van der Waals surface area (Å²) in [4.78, 5) is 29.8. The average Bonchev–Trinajstić information content (AvgIpc) is 3.56. The molecule has 1 fully saturated rings. The molecule has 0 bridgehead atoms. The highest BCUT2D eigenvalue weighted by Gasteiger charge is 2.35. The van der Waals surface area contributed by atoms with E-state index in [0.717, 1.165) is 58.8 Å². The summed E-state index contributed by atoms with van der Waals surface area (Å²) in [7, 11) is -4.29. The van der Waals surface area contributed by atoms with Gasteiger partial charge >= 0.3 is 0 Å². The molecule has 1 N–H and O–H groups in total. The first kappa shape index (κ1) is 31.9. The number of halogens is 1. The molecule has 9 heteroatoms. The van der Waals surface area contributed by atoms with Crippen LogP contribution < -0.4 is 9.62 Å². The van der Waals surface area contributed by atoms with Crippen LogP contribution in [0.25, 0.3) is 0 Å². The number of nitrogens with one attached hydrogen (secondary N) is 1. The molecular formula is C36H38FN3O4S. The molecule has 1 atom stereocenters. The molecule has 1 saturated carbocycles. The number of aryl methyl sites for hydroxylation is 1. The molecule has 0 spiro atoms. The summed E-state index contributed by atoms with van der Waals surface area (Å²) in [6.45, 7) is 1.43. The summed E-state index contributed by atoms with van der Waals surface area (Å²) < 4.78 is 42.8. The predicted octanol–water partition coefficient (Wildman–Crippen LogP) is 6.03. The number of carbonyl (C=O) groups is 2. The van der Waals surface area contributed by atoms with Gasteiger partial charge in [0.05, 0.1) is 10.6 Å². The second kappa shape index (κ2) is 14.5. The van der Waals surface area contributed by atoms with Crippen molar-refractivity contribution in [1.82, 2.24) is 10.2 Å². The van der Waals surface area contributed by atoms with Gasteiger partial charge in [-0.05, 0) is 67.3 Å². The lowest BCUT2D eigenvalue weighted by molar-refractivity contribution is -0.140. The van der Waals surface area contributed by atoms with E-state index in [2.05, 4.69) is 5.32 Å². The van der Waals surface area contributed by atoms with Gasteiger partial charge in [-0.1, -0.05) is 91.2 Å². The van der Waals surface area contributed by atoms with Gasteiger partial charge in [-0.25, -0.2) is 12.8 Å². The van der Waals surface area contributed by atoms with Crippen LogP contribution in [0.5, 0.6) is 0 Å². The van der Waals surface area contributed by atoms with E-state index in [0.29, 0.717) is 0 Å². The maximum absolute atomic E-state index is 14.5. The Balaban J connectivity index is 1.55. The zero-order valence-corrected chi connectivity index (χ0v) is 26.1. The first-order chi connectivity index (χ1) is 21.7. The largest absolute Gasteiger partial charge is 0.352 e. The number of hydrogen-bond acceptors (Lipinski definition) is 4. The van der Waals surface area contributed by atoms with Gasteiger partial charge in [-0.3, -0.25) is 13.9 Å². The van der Waals surface area contributed by atoms with E-state index in [-0.39, 0.29) is 35.5 Å². The third-order valence-electron chi connectivity index (χ3n) is 8.17. The maximum Gasteiger partial charge on any atom is 0.264 e. The molecule has 0 saturated heterocycles. The van der Waals surface area contributed by atoms with Crippen LogP contribution >= 0.6 is 0 Å². The van der Waals surface area contributed by atoms with Crippen LogP contribution in [-0.2, 0) is 32.6 Å². The maximum atomic E-state index is 14.5. The van der Waals surface area contributed by atoms with Crippen LogP contribution in [0.4, 0.5) is 10.1 Å². The van der Waals surface area contributed by atoms with Crippen LogP contribution in [-0.4, -0.2) is 43.8 Å². The van der Waals surface area contributed by atoms with Crippen molar-refractivity contribution in [3.8, 4) is 0 Å². The number of amides is 2. The molecule has 0 aromatic heterocycles. The average molecular weight is 628 g/mol. The number of carbonyl (C=O) groups excluding carboxylic acids is 2. The molecule has 7 nitrogen and oxygen atoms in total. The number of anilines is 1.